The maximum atomic E-state index is 12.0. The molecule has 0 aliphatic heterocycles. The SMILES string of the molecule is COc1ccc(-c2csc(NC(=O)CSc3n[nH]c(N)n3)n2)c(OC)c1. The van der Waals surface area contributed by atoms with E-state index in [0.717, 1.165) is 5.56 Å². The molecule has 2 aromatic heterocycles. The van der Waals surface area contributed by atoms with Gasteiger partial charge < -0.3 is 20.5 Å². The van der Waals surface area contributed by atoms with Gasteiger partial charge in [-0.1, -0.05) is 11.8 Å². The number of methoxy groups -OCH3 is 2. The molecule has 2 heterocycles. The standard InChI is InChI=1S/C15H16N6O3S2/c1-23-8-3-4-9(11(5-8)24-2)10-6-25-14(17-10)18-12(22)7-26-15-19-13(16)20-21-15/h3-6H,7H2,1-2H3,(H,17,18,22)(H3,16,19,20,21). The fourth-order valence-electron chi connectivity index (χ4n) is 2.07. The molecule has 1 aromatic carbocycles. The third-order valence-corrected chi connectivity index (χ3v) is 4.85. The number of thiazole rings is 1. The number of anilines is 2. The maximum absolute atomic E-state index is 12.0. The van der Waals surface area contributed by atoms with Crippen molar-refractivity contribution in [1.82, 2.24) is 20.2 Å². The zero-order chi connectivity index (χ0) is 18.5. The van der Waals surface area contributed by atoms with E-state index in [4.69, 9.17) is 15.2 Å². The Morgan fingerprint density at radius 1 is 1.35 bits per heavy atom. The molecular weight excluding hydrogens is 376 g/mol. The van der Waals surface area contributed by atoms with E-state index in [0.29, 0.717) is 27.5 Å². The summed E-state index contributed by atoms with van der Waals surface area (Å²) in [4.78, 5) is 20.4. The summed E-state index contributed by atoms with van der Waals surface area (Å²) in [6.45, 7) is 0. The molecule has 3 aromatic rings. The highest BCUT2D eigenvalue weighted by molar-refractivity contribution is 7.99. The number of H-pyrrole nitrogens is 1. The molecule has 0 saturated carbocycles. The van der Waals surface area contributed by atoms with Gasteiger partial charge in [-0.25, -0.2) is 10.1 Å². The molecule has 11 heteroatoms. The first-order chi connectivity index (χ1) is 12.6. The number of hydrogen-bond donors (Lipinski definition) is 3. The van der Waals surface area contributed by atoms with Crippen LogP contribution < -0.4 is 20.5 Å². The summed E-state index contributed by atoms with van der Waals surface area (Å²) in [5.74, 6) is 1.49. The van der Waals surface area contributed by atoms with Gasteiger partial charge in [0.15, 0.2) is 5.13 Å². The highest BCUT2D eigenvalue weighted by atomic mass is 32.2. The molecule has 0 fully saturated rings. The molecule has 0 unspecified atom stereocenters. The van der Waals surface area contributed by atoms with E-state index in [9.17, 15) is 4.79 Å². The Kier molecular flexibility index (Phi) is 5.58. The van der Waals surface area contributed by atoms with Crippen LogP contribution >= 0.6 is 23.1 Å². The van der Waals surface area contributed by atoms with Crippen LogP contribution in [0.15, 0.2) is 28.7 Å². The smallest absolute Gasteiger partial charge is 0.236 e. The maximum Gasteiger partial charge on any atom is 0.236 e. The second kappa shape index (κ2) is 8.06. The van der Waals surface area contributed by atoms with Crippen molar-refractivity contribution in [1.29, 1.82) is 0 Å². The molecule has 1 amide bonds. The molecule has 0 spiro atoms. The van der Waals surface area contributed by atoms with Crippen molar-refractivity contribution in [3.8, 4) is 22.8 Å². The lowest BCUT2D eigenvalue weighted by Crippen LogP contribution is -2.13. The van der Waals surface area contributed by atoms with Crippen LogP contribution in [0.5, 0.6) is 11.5 Å². The number of hydrogen-bond acceptors (Lipinski definition) is 9. The fraction of sp³-hybridized carbons (Fsp3) is 0.200. The number of carbonyl (C=O) groups is 1. The second-order valence-electron chi connectivity index (χ2n) is 4.94. The topological polar surface area (TPSA) is 128 Å². The number of carbonyl (C=O) groups excluding carboxylic acids is 1. The van der Waals surface area contributed by atoms with Gasteiger partial charge in [0.1, 0.15) is 11.5 Å². The predicted octanol–water partition coefficient (Wildman–Crippen LogP) is 2.26. The summed E-state index contributed by atoms with van der Waals surface area (Å²) >= 11 is 2.51. The minimum atomic E-state index is -0.207. The van der Waals surface area contributed by atoms with Gasteiger partial charge in [0.2, 0.25) is 17.0 Å². The molecule has 3 rings (SSSR count). The Labute approximate surface area is 157 Å². The molecule has 136 valence electrons. The monoisotopic (exact) mass is 392 g/mol. The Morgan fingerprint density at radius 2 is 2.19 bits per heavy atom. The van der Waals surface area contributed by atoms with Crippen LogP contribution in [0, 0.1) is 0 Å². The van der Waals surface area contributed by atoms with E-state index >= 15 is 0 Å². The fourth-order valence-corrected chi connectivity index (χ4v) is 3.41. The third kappa shape index (κ3) is 4.24. The summed E-state index contributed by atoms with van der Waals surface area (Å²) in [5.41, 5.74) is 6.96. The Bertz CT molecular complexity index is 910. The first-order valence-electron chi connectivity index (χ1n) is 7.37. The number of nitrogens with two attached hydrogens (primary N) is 1. The van der Waals surface area contributed by atoms with Crippen LogP contribution in [0.4, 0.5) is 11.1 Å². The summed E-state index contributed by atoms with van der Waals surface area (Å²) in [6, 6.07) is 5.47. The van der Waals surface area contributed by atoms with Crippen LogP contribution in [0.25, 0.3) is 11.3 Å². The van der Waals surface area contributed by atoms with Gasteiger partial charge in [-0.05, 0) is 12.1 Å². The highest BCUT2D eigenvalue weighted by Crippen LogP contribution is 2.34. The summed E-state index contributed by atoms with van der Waals surface area (Å²) in [5, 5.41) is 11.9. The molecule has 0 saturated heterocycles. The van der Waals surface area contributed by atoms with Gasteiger partial charge in [0, 0.05) is 17.0 Å². The number of nitrogen functional groups attached to an aromatic ring is 1. The predicted molar refractivity (Wildman–Crippen MR) is 101 cm³/mol. The van der Waals surface area contributed by atoms with Crippen molar-refractivity contribution in [3.05, 3.63) is 23.6 Å². The third-order valence-electron chi connectivity index (χ3n) is 3.25. The van der Waals surface area contributed by atoms with Crippen LogP contribution in [0.2, 0.25) is 0 Å². The largest absolute Gasteiger partial charge is 0.497 e. The van der Waals surface area contributed by atoms with Crippen molar-refractivity contribution < 1.29 is 14.3 Å². The Balaban J connectivity index is 1.65. The van der Waals surface area contributed by atoms with Gasteiger partial charge >= 0.3 is 0 Å². The minimum Gasteiger partial charge on any atom is -0.497 e. The average Bonchev–Trinajstić information content (AvgIpc) is 3.28. The zero-order valence-electron chi connectivity index (χ0n) is 14.0. The van der Waals surface area contributed by atoms with Gasteiger partial charge in [-0.3, -0.25) is 4.79 Å². The molecular formula is C15H16N6O3S2. The zero-order valence-corrected chi connectivity index (χ0v) is 15.6. The molecule has 0 aliphatic carbocycles. The first kappa shape index (κ1) is 18.0. The lowest BCUT2D eigenvalue weighted by atomic mass is 10.1. The molecule has 9 nitrogen and oxygen atoms in total. The van der Waals surface area contributed by atoms with E-state index in [1.807, 2.05) is 17.5 Å². The summed E-state index contributed by atoms with van der Waals surface area (Å²) in [6.07, 6.45) is 0. The van der Waals surface area contributed by atoms with Gasteiger partial charge in [-0.2, -0.15) is 4.98 Å². The molecule has 0 bridgehead atoms. The molecule has 26 heavy (non-hydrogen) atoms. The highest BCUT2D eigenvalue weighted by Gasteiger charge is 2.13. The van der Waals surface area contributed by atoms with Crippen LogP contribution in [-0.2, 0) is 4.79 Å². The van der Waals surface area contributed by atoms with Gasteiger partial charge in [0.25, 0.3) is 0 Å². The number of ether oxygens (including phenoxy) is 2. The minimum absolute atomic E-state index is 0.151. The second-order valence-corrected chi connectivity index (χ2v) is 6.74. The van der Waals surface area contributed by atoms with E-state index < -0.39 is 0 Å². The van der Waals surface area contributed by atoms with Gasteiger partial charge in [0.05, 0.1) is 25.7 Å². The number of benzene rings is 1. The number of aromatic amines is 1. The Hall–Kier alpha value is -2.79. The van der Waals surface area contributed by atoms with Crippen molar-refractivity contribution in [2.75, 3.05) is 31.0 Å². The van der Waals surface area contributed by atoms with Gasteiger partial charge in [-0.15, -0.1) is 16.4 Å². The number of nitrogens with one attached hydrogen (secondary N) is 2. The number of rotatable bonds is 7. The lowest BCUT2D eigenvalue weighted by molar-refractivity contribution is -0.113. The molecule has 4 N–H and O–H groups in total. The quantitative estimate of drug-likeness (QED) is 0.522. The van der Waals surface area contributed by atoms with Crippen LogP contribution in [0.3, 0.4) is 0 Å². The van der Waals surface area contributed by atoms with E-state index in [1.165, 1.54) is 23.1 Å². The van der Waals surface area contributed by atoms with Crippen molar-refractivity contribution in [2.24, 2.45) is 0 Å². The number of thioether (sulfide) groups is 1. The van der Waals surface area contributed by atoms with E-state index in [-0.39, 0.29) is 17.6 Å². The summed E-state index contributed by atoms with van der Waals surface area (Å²) < 4.78 is 10.6. The van der Waals surface area contributed by atoms with Crippen molar-refractivity contribution in [3.63, 3.8) is 0 Å². The molecule has 0 aliphatic rings. The lowest BCUT2D eigenvalue weighted by Gasteiger charge is -2.08. The molecule has 0 radical (unpaired) electrons. The average molecular weight is 392 g/mol. The van der Waals surface area contributed by atoms with E-state index in [1.54, 1.807) is 20.3 Å². The van der Waals surface area contributed by atoms with E-state index in [2.05, 4.69) is 25.5 Å². The summed E-state index contributed by atoms with van der Waals surface area (Å²) in [7, 11) is 3.18. The van der Waals surface area contributed by atoms with Crippen LogP contribution in [-0.4, -0.2) is 46.0 Å². The normalized spacial score (nSPS) is 10.5. The number of aromatic nitrogens is 4. The number of nitrogens with zero attached hydrogens (tertiary/aromatic N) is 3. The number of amides is 1. The first-order valence-corrected chi connectivity index (χ1v) is 9.24. The van der Waals surface area contributed by atoms with Crippen molar-refractivity contribution in [2.45, 2.75) is 5.16 Å². The van der Waals surface area contributed by atoms with Crippen LogP contribution in [0.1, 0.15) is 0 Å². The Morgan fingerprint density at radius 3 is 2.88 bits per heavy atom. The van der Waals surface area contributed by atoms with Crippen molar-refractivity contribution >= 4 is 40.1 Å². The molecule has 0 atom stereocenters.